The van der Waals surface area contributed by atoms with E-state index in [9.17, 15) is 14.9 Å². The fraction of sp³-hybridized carbons (Fsp3) is 0.308. The van der Waals surface area contributed by atoms with E-state index in [1.165, 1.54) is 13.0 Å². The summed E-state index contributed by atoms with van der Waals surface area (Å²) in [5, 5.41) is 19.8. The summed E-state index contributed by atoms with van der Waals surface area (Å²) in [6.07, 6.45) is 3.22. The number of rotatable bonds is 7. The molecule has 0 amide bonds. The van der Waals surface area contributed by atoms with Crippen molar-refractivity contribution >= 4 is 11.7 Å². The van der Waals surface area contributed by atoms with E-state index < -0.39 is 10.9 Å². The number of nitrogens with zero attached hydrogens (tertiary/aromatic N) is 1. The van der Waals surface area contributed by atoms with E-state index in [1.54, 1.807) is 6.08 Å². The van der Waals surface area contributed by atoms with E-state index >= 15 is 0 Å². The van der Waals surface area contributed by atoms with Crippen molar-refractivity contribution < 1.29 is 19.6 Å². The summed E-state index contributed by atoms with van der Waals surface area (Å²) in [6, 6.07) is 2.34. The third-order valence-electron chi connectivity index (χ3n) is 2.59. The zero-order valence-corrected chi connectivity index (χ0v) is 10.6. The standard InChI is InChI=1S/C13H15NO5/c1-3-4-5-6-19-12-8-10(13(15)16)7-11(9(12)2)14(17)18/h3,7-8H,1,4-6H2,2H3,(H,15,16). The molecule has 0 radical (unpaired) electrons. The molecule has 0 aliphatic rings. The maximum atomic E-state index is 10.9. The third-order valence-corrected chi connectivity index (χ3v) is 2.59. The Labute approximate surface area is 110 Å². The first-order valence-corrected chi connectivity index (χ1v) is 5.73. The molecule has 0 aliphatic carbocycles. The number of ether oxygens (including phenoxy) is 1. The van der Waals surface area contributed by atoms with Crippen LogP contribution in [0.5, 0.6) is 5.75 Å². The summed E-state index contributed by atoms with van der Waals surface area (Å²) in [5.74, 6) is -0.991. The molecular weight excluding hydrogens is 250 g/mol. The van der Waals surface area contributed by atoms with E-state index in [1.807, 2.05) is 0 Å². The minimum absolute atomic E-state index is 0.156. The van der Waals surface area contributed by atoms with Gasteiger partial charge in [0.15, 0.2) is 0 Å². The monoisotopic (exact) mass is 265 g/mol. The Morgan fingerprint density at radius 1 is 1.58 bits per heavy atom. The van der Waals surface area contributed by atoms with Crippen molar-refractivity contribution in [3.8, 4) is 5.75 Å². The van der Waals surface area contributed by atoms with E-state index in [-0.39, 0.29) is 17.0 Å². The number of hydrogen-bond donors (Lipinski definition) is 1. The number of benzene rings is 1. The second-order valence-electron chi connectivity index (χ2n) is 3.96. The first-order valence-electron chi connectivity index (χ1n) is 5.73. The number of aromatic carboxylic acids is 1. The molecule has 0 atom stereocenters. The summed E-state index contributed by atoms with van der Waals surface area (Å²) in [4.78, 5) is 21.2. The van der Waals surface area contributed by atoms with Crippen LogP contribution in [-0.4, -0.2) is 22.6 Å². The largest absolute Gasteiger partial charge is 0.493 e. The van der Waals surface area contributed by atoms with Crippen LogP contribution in [0.25, 0.3) is 0 Å². The Balaban J connectivity index is 3.04. The molecule has 0 bridgehead atoms. The molecule has 1 N–H and O–H groups in total. The first-order chi connectivity index (χ1) is 8.97. The van der Waals surface area contributed by atoms with Crippen LogP contribution < -0.4 is 4.74 Å². The third kappa shape index (κ3) is 3.80. The van der Waals surface area contributed by atoms with Crippen molar-refractivity contribution in [1.82, 2.24) is 0 Å². The van der Waals surface area contributed by atoms with E-state index in [4.69, 9.17) is 9.84 Å². The number of allylic oxidation sites excluding steroid dienone is 1. The highest BCUT2D eigenvalue weighted by Crippen LogP contribution is 2.29. The Hall–Kier alpha value is -2.37. The molecule has 1 aromatic carbocycles. The number of carbonyl (C=O) groups is 1. The van der Waals surface area contributed by atoms with Crippen molar-refractivity contribution in [1.29, 1.82) is 0 Å². The Bertz CT molecular complexity index is 510. The van der Waals surface area contributed by atoms with Crippen molar-refractivity contribution in [2.75, 3.05) is 6.61 Å². The van der Waals surface area contributed by atoms with Gasteiger partial charge in [0, 0.05) is 6.07 Å². The highest BCUT2D eigenvalue weighted by molar-refractivity contribution is 5.89. The lowest BCUT2D eigenvalue weighted by Crippen LogP contribution is -2.05. The van der Waals surface area contributed by atoms with Crippen LogP contribution in [0.3, 0.4) is 0 Å². The fourth-order valence-corrected chi connectivity index (χ4v) is 1.55. The predicted molar refractivity (Wildman–Crippen MR) is 69.7 cm³/mol. The molecule has 6 heteroatoms. The number of hydrogen-bond acceptors (Lipinski definition) is 4. The smallest absolute Gasteiger partial charge is 0.336 e. The molecule has 6 nitrogen and oxygen atoms in total. The van der Waals surface area contributed by atoms with Crippen molar-refractivity contribution in [3.05, 3.63) is 46.0 Å². The first kappa shape index (κ1) is 14.7. The van der Waals surface area contributed by atoms with Gasteiger partial charge in [-0.25, -0.2) is 4.79 Å². The molecule has 0 spiro atoms. The lowest BCUT2D eigenvalue weighted by atomic mass is 10.1. The Morgan fingerprint density at radius 2 is 2.26 bits per heavy atom. The van der Waals surface area contributed by atoms with Crippen molar-refractivity contribution in [2.45, 2.75) is 19.8 Å². The van der Waals surface area contributed by atoms with Gasteiger partial charge in [-0.3, -0.25) is 10.1 Å². The molecule has 1 rings (SSSR count). The average molecular weight is 265 g/mol. The second-order valence-corrected chi connectivity index (χ2v) is 3.96. The number of carboxylic acid groups (broad SMARTS) is 1. The zero-order chi connectivity index (χ0) is 14.4. The number of unbranched alkanes of at least 4 members (excludes halogenated alkanes) is 1. The van der Waals surface area contributed by atoms with Crippen LogP contribution in [0.4, 0.5) is 5.69 Å². The predicted octanol–water partition coefficient (Wildman–Crippen LogP) is 2.95. The van der Waals surface area contributed by atoms with E-state index in [0.717, 1.165) is 12.5 Å². The Kier molecular flexibility index (Phi) is 5.05. The van der Waals surface area contributed by atoms with Crippen molar-refractivity contribution in [2.24, 2.45) is 0 Å². The summed E-state index contributed by atoms with van der Waals surface area (Å²) in [6.45, 7) is 5.46. The van der Waals surface area contributed by atoms with Crippen LogP contribution in [0.15, 0.2) is 24.8 Å². The van der Waals surface area contributed by atoms with Gasteiger partial charge < -0.3 is 9.84 Å². The molecule has 1 aromatic rings. The lowest BCUT2D eigenvalue weighted by Gasteiger charge is -2.10. The van der Waals surface area contributed by atoms with Crippen LogP contribution in [0.2, 0.25) is 0 Å². The van der Waals surface area contributed by atoms with Gasteiger partial charge in [0.1, 0.15) is 5.75 Å². The van der Waals surface area contributed by atoms with Gasteiger partial charge in [-0.15, -0.1) is 6.58 Å². The van der Waals surface area contributed by atoms with E-state index in [2.05, 4.69) is 6.58 Å². The van der Waals surface area contributed by atoms with Gasteiger partial charge in [-0.1, -0.05) is 6.08 Å². The molecular formula is C13H15NO5. The molecule has 0 aliphatic heterocycles. The SMILES string of the molecule is C=CCCCOc1cc(C(=O)O)cc([N+](=O)[O-])c1C. The average Bonchev–Trinajstić information content (AvgIpc) is 2.35. The molecule has 0 heterocycles. The van der Waals surface area contributed by atoms with Gasteiger partial charge in [0.25, 0.3) is 5.69 Å². The molecule has 0 saturated carbocycles. The molecule has 0 saturated heterocycles. The maximum Gasteiger partial charge on any atom is 0.336 e. The van der Waals surface area contributed by atoms with Gasteiger partial charge in [-0.2, -0.15) is 0 Å². The summed E-state index contributed by atoms with van der Waals surface area (Å²) < 4.78 is 5.40. The molecule has 19 heavy (non-hydrogen) atoms. The number of nitro groups is 1. The molecule has 0 aromatic heterocycles. The maximum absolute atomic E-state index is 10.9. The number of carboxylic acids is 1. The topological polar surface area (TPSA) is 89.7 Å². The van der Waals surface area contributed by atoms with Gasteiger partial charge in [0.05, 0.1) is 22.7 Å². The van der Waals surface area contributed by atoms with Gasteiger partial charge >= 0.3 is 5.97 Å². The molecule has 0 fully saturated rings. The zero-order valence-electron chi connectivity index (χ0n) is 10.6. The highest BCUT2D eigenvalue weighted by Gasteiger charge is 2.19. The molecule has 102 valence electrons. The van der Waals surface area contributed by atoms with Gasteiger partial charge in [0.2, 0.25) is 0 Å². The minimum Gasteiger partial charge on any atom is -0.493 e. The lowest BCUT2D eigenvalue weighted by molar-refractivity contribution is -0.385. The Morgan fingerprint density at radius 3 is 2.79 bits per heavy atom. The second kappa shape index (κ2) is 6.53. The fourth-order valence-electron chi connectivity index (χ4n) is 1.55. The minimum atomic E-state index is -1.22. The normalized spacial score (nSPS) is 9.95. The summed E-state index contributed by atoms with van der Waals surface area (Å²) in [7, 11) is 0. The van der Waals surface area contributed by atoms with Gasteiger partial charge in [-0.05, 0) is 25.8 Å². The van der Waals surface area contributed by atoms with Crippen molar-refractivity contribution in [3.63, 3.8) is 0 Å². The summed E-state index contributed by atoms with van der Waals surface area (Å²) >= 11 is 0. The number of nitro benzene ring substituents is 1. The highest BCUT2D eigenvalue weighted by atomic mass is 16.6. The van der Waals surface area contributed by atoms with Crippen LogP contribution in [0.1, 0.15) is 28.8 Å². The van der Waals surface area contributed by atoms with Crippen LogP contribution >= 0.6 is 0 Å². The van der Waals surface area contributed by atoms with E-state index in [0.29, 0.717) is 18.6 Å². The van der Waals surface area contributed by atoms with Crippen LogP contribution in [-0.2, 0) is 0 Å². The quantitative estimate of drug-likeness (QED) is 0.354. The summed E-state index contributed by atoms with van der Waals surface area (Å²) in [5.41, 5.74) is -0.0803. The van der Waals surface area contributed by atoms with Crippen LogP contribution in [0, 0.1) is 17.0 Å². The molecule has 0 unspecified atom stereocenters.